The largest absolute Gasteiger partial charge is 0.346 e. The first-order valence-electron chi connectivity index (χ1n) is 8.29. The van der Waals surface area contributed by atoms with Crippen LogP contribution in [-0.2, 0) is 6.42 Å². The number of rotatable bonds is 4. The van der Waals surface area contributed by atoms with E-state index in [0.29, 0.717) is 18.1 Å². The maximum absolute atomic E-state index is 13.0. The summed E-state index contributed by atoms with van der Waals surface area (Å²) in [4.78, 5) is 6.60. The number of nitrogens with zero attached hydrogens (tertiary/aromatic N) is 5. The molecule has 3 heterocycles. The van der Waals surface area contributed by atoms with E-state index < -0.39 is 0 Å². The monoisotopic (exact) mass is 359 g/mol. The molecule has 25 heavy (non-hydrogen) atoms. The van der Waals surface area contributed by atoms with Crippen molar-refractivity contribution in [3.63, 3.8) is 0 Å². The van der Waals surface area contributed by atoms with Gasteiger partial charge in [0.2, 0.25) is 11.0 Å². The standard InChI is InChI=1S/C17H18FN5OS/c1-11-19-16(24-22-11)13-3-2-8-23(10-13)17-21-20-15(25-17)9-12-4-6-14(18)7-5-12/h4-7,13H,2-3,8-10H2,1H3. The molecule has 1 aromatic carbocycles. The number of hydrogen-bond donors (Lipinski definition) is 0. The molecule has 0 radical (unpaired) electrons. The highest BCUT2D eigenvalue weighted by Crippen LogP contribution is 2.31. The zero-order valence-corrected chi connectivity index (χ0v) is 14.7. The van der Waals surface area contributed by atoms with Gasteiger partial charge in [-0.1, -0.05) is 28.6 Å². The summed E-state index contributed by atoms with van der Waals surface area (Å²) in [5.74, 6) is 1.39. The average molecular weight is 359 g/mol. The number of benzene rings is 1. The van der Waals surface area contributed by atoms with Crippen molar-refractivity contribution in [3.05, 3.63) is 52.4 Å². The van der Waals surface area contributed by atoms with Crippen LogP contribution in [0.25, 0.3) is 0 Å². The lowest BCUT2D eigenvalue weighted by atomic mass is 9.98. The second-order valence-electron chi connectivity index (χ2n) is 6.25. The molecule has 6 nitrogen and oxygen atoms in total. The van der Waals surface area contributed by atoms with E-state index in [1.54, 1.807) is 23.5 Å². The fourth-order valence-corrected chi connectivity index (χ4v) is 3.96. The third-order valence-electron chi connectivity index (χ3n) is 4.31. The summed E-state index contributed by atoms with van der Waals surface area (Å²) in [6, 6.07) is 6.51. The molecule has 1 fully saturated rings. The molecule has 1 aliphatic heterocycles. The minimum atomic E-state index is -0.225. The molecule has 4 rings (SSSR count). The fourth-order valence-electron chi connectivity index (χ4n) is 3.05. The second kappa shape index (κ2) is 6.87. The van der Waals surface area contributed by atoms with E-state index in [4.69, 9.17) is 4.52 Å². The molecule has 0 aliphatic carbocycles. The molecule has 0 spiro atoms. The van der Waals surface area contributed by atoms with Crippen molar-refractivity contribution in [2.75, 3.05) is 18.0 Å². The number of anilines is 1. The number of piperidine rings is 1. The van der Waals surface area contributed by atoms with E-state index in [2.05, 4.69) is 25.2 Å². The van der Waals surface area contributed by atoms with Gasteiger partial charge >= 0.3 is 0 Å². The van der Waals surface area contributed by atoms with Crippen LogP contribution in [0.4, 0.5) is 9.52 Å². The molecule has 1 saturated heterocycles. The van der Waals surface area contributed by atoms with Gasteiger partial charge in [0.05, 0.1) is 5.92 Å². The summed E-state index contributed by atoms with van der Waals surface area (Å²) in [6.07, 6.45) is 2.76. The first kappa shape index (κ1) is 16.1. The molecule has 2 aromatic heterocycles. The third kappa shape index (κ3) is 3.68. The molecular weight excluding hydrogens is 341 g/mol. The fraction of sp³-hybridized carbons (Fsp3) is 0.412. The molecule has 1 aliphatic rings. The van der Waals surface area contributed by atoms with E-state index in [0.717, 1.165) is 41.6 Å². The summed E-state index contributed by atoms with van der Waals surface area (Å²) < 4.78 is 18.3. The van der Waals surface area contributed by atoms with Crippen LogP contribution in [-0.4, -0.2) is 33.4 Å². The normalized spacial score (nSPS) is 17.8. The number of aryl methyl sites for hydroxylation is 1. The van der Waals surface area contributed by atoms with Gasteiger partial charge in [0.25, 0.3) is 0 Å². The van der Waals surface area contributed by atoms with Crippen molar-refractivity contribution in [3.8, 4) is 0 Å². The smallest absolute Gasteiger partial charge is 0.231 e. The molecule has 0 N–H and O–H groups in total. The van der Waals surface area contributed by atoms with E-state index in [9.17, 15) is 4.39 Å². The van der Waals surface area contributed by atoms with Gasteiger partial charge in [-0.05, 0) is 37.5 Å². The van der Waals surface area contributed by atoms with Crippen molar-refractivity contribution >= 4 is 16.5 Å². The van der Waals surface area contributed by atoms with Gasteiger partial charge in [-0.25, -0.2) is 4.39 Å². The van der Waals surface area contributed by atoms with E-state index >= 15 is 0 Å². The predicted molar refractivity (Wildman–Crippen MR) is 92.3 cm³/mol. The van der Waals surface area contributed by atoms with Crippen LogP contribution >= 0.6 is 11.3 Å². The highest BCUT2D eigenvalue weighted by atomic mass is 32.1. The Morgan fingerprint density at radius 2 is 2.12 bits per heavy atom. The summed E-state index contributed by atoms with van der Waals surface area (Å²) >= 11 is 1.58. The predicted octanol–water partition coefficient (Wildman–Crippen LogP) is 3.34. The van der Waals surface area contributed by atoms with E-state index in [1.807, 2.05) is 6.92 Å². The van der Waals surface area contributed by atoms with Crippen molar-refractivity contribution in [2.45, 2.75) is 32.1 Å². The zero-order chi connectivity index (χ0) is 17.2. The Kier molecular flexibility index (Phi) is 4.44. The molecule has 0 amide bonds. The molecule has 1 atom stereocenters. The van der Waals surface area contributed by atoms with Crippen LogP contribution in [0.1, 0.15) is 41.0 Å². The number of halogens is 1. The first-order valence-corrected chi connectivity index (χ1v) is 9.11. The summed E-state index contributed by atoms with van der Waals surface area (Å²) in [6.45, 7) is 3.60. The van der Waals surface area contributed by atoms with Crippen LogP contribution in [0.3, 0.4) is 0 Å². The summed E-state index contributed by atoms with van der Waals surface area (Å²) in [5, 5.41) is 14.4. The van der Waals surface area contributed by atoms with E-state index in [1.165, 1.54) is 12.1 Å². The lowest BCUT2D eigenvalue weighted by molar-refractivity contribution is 0.331. The second-order valence-corrected chi connectivity index (χ2v) is 7.29. The topological polar surface area (TPSA) is 67.9 Å². The third-order valence-corrected chi connectivity index (χ3v) is 5.29. The van der Waals surface area contributed by atoms with Gasteiger partial charge in [-0.2, -0.15) is 4.98 Å². The minimum absolute atomic E-state index is 0.225. The molecule has 0 bridgehead atoms. The van der Waals surface area contributed by atoms with Crippen LogP contribution in [0.5, 0.6) is 0 Å². The van der Waals surface area contributed by atoms with Crippen molar-refractivity contribution in [1.29, 1.82) is 0 Å². The lowest BCUT2D eigenvalue weighted by Crippen LogP contribution is -2.34. The molecule has 0 saturated carbocycles. The average Bonchev–Trinajstić information content (AvgIpc) is 3.26. The Morgan fingerprint density at radius 1 is 1.28 bits per heavy atom. The zero-order valence-electron chi connectivity index (χ0n) is 13.9. The van der Waals surface area contributed by atoms with Crippen LogP contribution in [0.15, 0.2) is 28.8 Å². The van der Waals surface area contributed by atoms with Gasteiger partial charge in [0.1, 0.15) is 10.8 Å². The summed E-state index contributed by atoms with van der Waals surface area (Å²) in [7, 11) is 0. The van der Waals surface area contributed by atoms with Gasteiger partial charge in [-0.3, -0.25) is 0 Å². The van der Waals surface area contributed by atoms with Crippen LogP contribution in [0, 0.1) is 12.7 Å². The van der Waals surface area contributed by atoms with Gasteiger partial charge in [0, 0.05) is 19.5 Å². The molecular formula is C17H18FN5OS. The number of hydrogen-bond acceptors (Lipinski definition) is 7. The van der Waals surface area contributed by atoms with Crippen molar-refractivity contribution in [1.82, 2.24) is 20.3 Å². The minimum Gasteiger partial charge on any atom is -0.346 e. The highest BCUT2D eigenvalue weighted by molar-refractivity contribution is 7.15. The van der Waals surface area contributed by atoms with Gasteiger partial charge in [-0.15, -0.1) is 10.2 Å². The molecule has 8 heteroatoms. The van der Waals surface area contributed by atoms with E-state index in [-0.39, 0.29) is 11.7 Å². The Labute approximate surface area is 148 Å². The van der Waals surface area contributed by atoms with Gasteiger partial charge < -0.3 is 9.42 Å². The Bertz CT molecular complexity index is 847. The first-order chi connectivity index (χ1) is 12.2. The van der Waals surface area contributed by atoms with Crippen molar-refractivity contribution in [2.24, 2.45) is 0 Å². The Balaban J connectivity index is 1.45. The molecule has 3 aromatic rings. The maximum atomic E-state index is 13.0. The quantitative estimate of drug-likeness (QED) is 0.712. The van der Waals surface area contributed by atoms with Crippen molar-refractivity contribution < 1.29 is 8.91 Å². The lowest BCUT2D eigenvalue weighted by Gasteiger charge is -2.30. The Morgan fingerprint density at radius 3 is 2.88 bits per heavy atom. The Hall–Kier alpha value is -2.35. The molecule has 130 valence electrons. The number of aromatic nitrogens is 4. The SMILES string of the molecule is Cc1noc(C2CCCN(c3nnc(Cc4ccc(F)cc4)s3)C2)n1. The highest BCUT2D eigenvalue weighted by Gasteiger charge is 2.27. The maximum Gasteiger partial charge on any atom is 0.231 e. The van der Waals surface area contributed by atoms with Gasteiger partial charge in [0.15, 0.2) is 5.82 Å². The molecule has 1 unspecified atom stereocenters. The van der Waals surface area contributed by atoms with Crippen LogP contribution < -0.4 is 4.90 Å². The summed E-state index contributed by atoms with van der Waals surface area (Å²) in [5.41, 5.74) is 1.03. The van der Waals surface area contributed by atoms with Crippen LogP contribution in [0.2, 0.25) is 0 Å².